The lowest BCUT2D eigenvalue weighted by Gasteiger charge is -2.18. The minimum Gasteiger partial charge on any atom is -0.465 e. The molecule has 0 bridgehead atoms. The minimum absolute atomic E-state index is 0.0309. The molecule has 1 aromatic rings. The van der Waals surface area contributed by atoms with Crippen molar-refractivity contribution in [1.29, 1.82) is 0 Å². The van der Waals surface area contributed by atoms with Gasteiger partial charge in [0.25, 0.3) is 0 Å². The Balaban J connectivity index is 2.64. The number of benzene rings is 1. The lowest BCUT2D eigenvalue weighted by atomic mass is 9.98. The van der Waals surface area contributed by atoms with Crippen molar-refractivity contribution in [3.8, 4) is 11.8 Å². The fourth-order valence-corrected chi connectivity index (χ4v) is 2.00. The zero-order valence-corrected chi connectivity index (χ0v) is 14.8. The summed E-state index contributed by atoms with van der Waals surface area (Å²) >= 11 is 0. The Morgan fingerprint density at radius 2 is 2.09 bits per heavy atom. The Morgan fingerprint density at radius 1 is 1.35 bits per heavy atom. The number of nitrogens with zero attached hydrogens (tertiary/aromatic N) is 1. The van der Waals surface area contributed by atoms with E-state index in [1.807, 2.05) is 24.3 Å². The molecule has 0 aliphatic rings. The van der Waals surface area contributed by atoms with Gasteiger partial charge in [0, 0.05) is 18.5 Å². The fraction of sp³-hybridized carbons (Fsp3) is 0.450. The number of allylic oxidation sites excluding steroid dienone is 1. The molecule has 0 spiro atoms. The largest absolute Gasteiger partial charge is 0.465 e. The van der Waals surface area contributed by atoms with Gasteiger partial charge in [0.05, 0.1) is 12.7 Å². The van der Waals surface area contributed by atoms with Crippen LogP contribution in [-0.2, 0) is 11.3 Å². The molecule has 0 amide bonds. The van der Waals surface area contributed by atoms with Crippen LogP contribution in [0.4, 0.5) is 0 Å². The van der Waals surface area contributed by atoms with Crippen molar-refractivity contribution in [2.24, 2.45) is 5.41 Å². The SMILES string of the molecule is CCN(CC=CC#CC(C)(C)C)Cc1cccc(C(=O)OC)c1. The molecule has 0 aliphatic heterocycles. The quantitative estimate of drug-likeness (QED) is 0.589. The average molecular weight is 313 g/mol. The van der Waals surface area contributed by atoms with Crippen LogP contribution in [0, 0.1) is 17.3 Å². The van der Waals surface area contributed by atoms with Gasteiger partial charge in [0.15, 0.2) is 0 Å². The second kappa shape index (κ2) is 9.17. The van der Waals surface area contributed by atoms with E-state index in [0.29, 0.717) is 5.56 Å². The Morgan fingerprint density at radius 3 is 2.70 bits per heavy atom. The first-order valence-electron chi connectivity index (χ1n) is 7.93. The number of hydrogen-bond donors (Lipinski definition) is 0. The number of carbonyl (C=O) groups is 1. The molecule has 1 aromatic carbocycles. The van der Waals surface area contributed by atoms with Gasteiger partial charge in [-0.2, -0.15) is 0 Å². The number of rotatable bonds is 6. The zero-order valence-electron chi connectivity index (χ0n) is 14.8. The summed E-state index contributed by atoms with van der Waals surface area (Å²) in [5.74, 6) is 5.97. The summed E-state index contributed by atoms with van der Waals surface area (Å²) in [5.41, 5.74) is 1.72. The van der Waals surface area contributed by atoms with Crippen LogP contribution < -0.4 is 0 Å². The monoisotopic (exact) mass is 313 g/mol. The van der Waals surface area contributed by atoms with E-state index >= 15 is 0 Å². The highest BCUT2D eigenvalue weighted by atomic mass is 16.5. The van der Waals surface area contributed by atoms with Crippen molar-refractivity contribution < 1.29 is 9.53 Å². The predicted molar refractivity (Wildman–Crippen MR) is 95.1 cm³/mol. The van der Waals surface area contributed by atoms with Gasteiger partial charge in [-0.15, -0.1) is 0 Å². The lowest BCUT2D eigenvalue weighted by Crippen LogP contribution is -2.23. The second-order valence-corrected chi connectivity index (χ2v) is 6.44. The van der Waals surface area contributed by atoms with E-state index in [4.69, 9.17) is 4.74 Å². The summed E-state index contributed by atoms with van der Waals surface area (Å²) in [5, 5.41) is 0. The topological polar surface area (TPSA) is 29.5 Å². The third-order valence-corrected chi connectivity index (χ3v) is 3.21. The fourth-order valence-electron chi connectivity index (χ4n) is 2.00. The van der Waals surface area contributed by atoms with E-state index < -0.39 is 0 Å². The van der Waals surface area contributed by atoms with Crippen LogP contribution in [0.5, 0.6) is 0 Å². The van der Waals surface area contributed by atoms with Crippen molar-refractivity contribution in [3.63, 3.8) is 0 Å². The molecular formula is C20H27NO2. The predicted octanol–water partition coefficient (Wildman–Crippen LogP) is 3.90. The van der Waals surface area contributed by atoms with E-state index in [9.17, 15) is 4.79 Å². The summed E-state index contributed by atoms with van der Waals surface area (Å²) in [6.45, 7) is 11.0. The number of hydrogen-bond acceptors (Lipinski definition) is 3. The van der Waals surface area contributed by atoms with Crippen molar-refractivity contribution in [3.05, 3.63) is 47.5 Å². The van der Waals surface area contributed by atoms with Gasteiger partial charge < -0.3 is 4.74 Å². The second-order valence-electron chi connectivity index (χ2n) is 6.44. The molecular weight excluding hydrogens is 286 g/mol. The number of likely N-dealkylation sites (N-methyl/N-ethyl adjacent to an activating group) is 1. The van der Waals surface area contributed by atoms with Gasteiger partial charge in [-0.1, -0.05) is 37.0 Å². The first-order chi connectivity index (χ1) is 10.9. The highest BCUT2D eigenvalue weighted by molar-refractivity contribution is 5.89. The maximum Gasteiger partial charge on any atom is 0.337 e. The van der Waals surface area contributed by atoms with E-state index in [1.165, 1.54) is 7.11 Å². The van der Waals surface area contributed by atoms with Gasteiger partial charge in [-0.05, 0) is 51.1 Å². The third-order valence-electron chi connectivity index (χ3n) is 3.21. The van der Waals surface area contributed by atoms with Crippen molar-refractivity contribution in [2.75, 3.05) is 20.2 Å². The summed E-state index contributed by atoms with van der Waals surface area (Å²) in [7, 11) is 1.40. The van der Waals surface area contributed by atoms with Gasteiger partial charge in [-0.25, -0.2) is 4.79 Å². The number of carbonyl (C=O) groups excluding carboxylic acids is 1. The molecule has 3 nitrogen and oxygen atoms in total. The number of ether oxygens (including phenoxy) is 1. The first kappa shape index (κ1) is 19.0. The molecule has 0 aliphatic carbocycles. The van der Waals surface area contributed by atoms with Crippen molar-refractivity contribution in [2.45, 2.75) is 34.2 Å². The van der Waals surface area contributed by atoms with Crippen LogP contribution in [0.3, 0.4) is 0 Å². The molecule has 0 radical (unpaired) electrons. The Bertz CT molecular complexity index is 600. The van der Waals surface area contributed by atoms with Gasteiger partial charge >= 0.3 is 5.97 Å². The highest BCUT2D eigenvalue weighted by Crippen LogP contribution is 2.10. The van der Waals surface area contributed by atoms with Crippen LogP contribution in [-0.4, -0.2) is 31.1 Å². The van der Waals surface area contributed by atoms with Gasteiger partial charge in [0.1, 0.15) is 0 Å². The maximum absolute atomic E-state index is 11.6. The van der Waals surface area contributed by atoms with Crippen LogP contribution in [0.25, 0.3) is 0 Å². The molecule has 0 fully saturated rings. The Kier molecular flexibility index (Phi) is 7.57. The maximum atomic E-state index is 11.6. The van der Waals surface area contributed by atoms with E-state index in [0.717, 1.165) is 25.2 Å². The van der Waals surface area contributed by atoms with Crippen molar-refractivity contribution >= 4 is 5.97 Å². The molecule has 0 N–H and O–H groups in total. The molecule has 0 unspecified atom stereocenters. The molecule has 1 rings (SSSR count). The van der Waals surface area contributed by atoms with Crippen molar-refractivity contribution in [1.82, 2.24) is 4.90 Å². The Labute approximate surface area is 140 Å². The van der Waals surface area contributed by atoms with E-state index in [2.05, 4.69) is 50.5 Å². The van der Waals surface area contributed by atoms with Crippen LogP contribution in [0.2, 0.25) is 0 Å². The molecule has 0 aromatic heterocycles. The van der Waals surface area contributed by atoms with Crippen LogP contribution >= 0.6 is 0 Å². The van der Waals surface area contributed by atoms with E-state index in [1.54, 1.807) is 6.07 Å². The van der Waals surface area contributed by atoms with Crippen LogP contribution in [0.1, 0.15) is 43.6 Å². The molecule has 0 saturated carbocycles. The molecule has 23 heavy (non-hydrogen) atoms. The Hall–Kier alpha value is -2.05. The number of methoxy groups -OCH3 is 1. The summed E-state index contributed by atoms with van der Waals surface area (Å²) in [6, 6.07) is 7.57. The molecule has 0 heterocycles. The normalized spacial score (nSPS) is 11.4. The first-order valence-corrected chi connectivity index (χ1v) is 7.93. The summed E-state index contributed by atoms with van der Waals surface area (Å²) in [6.07, 6.45) is 3.99. The highest BCUT2D eigenvalue weighted by Gasteiger charge is 2.07. The molecule has 3 heteroatoms. The molecule has 124 valence electrons. The summed E-state index contributed by atoms with van der Waals surface area (Å²) < 4.78 is 4.76. The minimum atomic E-state index is -0.299. The zero-order chi connectivity index (χ0) is 17.3. The standard InChI is InChI=1S/C20H27NO2/c1-6-21(14-9-7-8-13-20(2,3)4)16-17-11-10-12-18(15-17)19(22)23-5/h7,9-12,15H,6,14,16H2,1-5H3. The third kappa shape index (κ3) is 7.67. The van der Waals surface area contributed by atoms with Gasteiger partial charge in [0.2, 0.25) is 0 Å². The number of esters is 1. The van der Waals surface area contributed by atoms with Gasteiger partial charge in [-0.3, -0.25) is 4.90 Å². The van der Waals surface area contributed by atoms with E-state index in [-0.39, 0.29) is 11.4 Å². The molecule has 0 saturated heterocycles. The summed E-state index contributed by atoms with van der Waals surface area (Å²) in [4.78, 5) is 13.9. The smallest absolute Gasteiger partial charge is 0.337 e. The molecule has 0 atom stereocenters. The average Bonchev–Trinajstić information content (AvgIpc) is 2.51. The van der Waals surface area contributed by atoms with Crippen LogP contribution in [0.15, 0.2) is 36.4 Å². The lowest BCUT2D eigenvalue weighted by molar-refractivity contribution is 0.0600.